The number of carbonyl (C=O) groups excluding carboxylic acids is 3. The van der Waals surface area contributed by atoms with E-state index >= 15 is 0 Å². The van der Waals surface area contributed by atoms with Crippen LogP contribution in [0.15, 0.2) is 66.0 Å². The third-order valence-electron chi connectivity index (χ3n) is 4.87. The highest BCUT2D eigenvalue weighted by atomic mass is 32.1. The molecule has 0 fully saturated rings. The van der Waals surface area contributed by atoms with Crippen LogP contribution in [0, 0.1) is 0 Å². The van der Waals surface area contributed by atoms with E-state index in [9.17, 15) is 14.4 Å². The summed E-state index contributed by atoms with van der Waals surface area (Å²) < 4.78 is 5.29. The molecule has 1 aromatic heterocycles. The molecule has 1 amide bonds. The molecule has 146 valence electrons. The maximum Gasteiger partial charge on any atom is 0.339 e. The molecule has 2 heterocycles. The lowest BCUT2D eigenvalue weighted by molar-refractivity contribution is -0.121. The van der Waals surface area contributed by atoms with Gasteiger partial charge < -0.3 is 9.64 Å². The van der Waals surface area contributed by atoms with Gasteiger partial charge in [0.1, 0.15) is 0 Å². The van der Waals surface area contributed by atoms with E-state index in [-0.39, 0.29) is 29.4 Å². The van der Waals surface area contributed by atoms with Crippen molar-refractivity contribution in [1.82, 2.24) is 0 Å². The van der Waals surface area contributed by atoms with Gasteiger partial charge in [-0.05, 0) is 42.0 Å². The molecule has 0 saturated carbocycles. The number of aryl methyl sites for hydroxylation is 1. The molecule has 0 spiro atoms. The Morgan fingerprint density at radius 2 is 1.69 bits per heavy atom. The van der Waals surface area contributed by atoms with Crippen LogP contribution >= 0.6 is 11.3 Å². The highest BCUT2D eigenvalue weighted by Gasteiger charge is 2.25. The minimum Gasteiger partial charge on any atom is -0.452 e. The number of hydrogen-bond donors (Lipinski definition) is 0. The van der Waals surface area contributed by atoms with Crippen molar-refractivity contribution in [2.24, 2.45) is 0 Å². The highest BCUT2D eigenvalue weighted by molar-refractivity contribution is 7.12. The second-order valence-corrected chi connectivity index (χ2v) is 7.65. The Kier molecular flexibility index (Phi) is 5.53. The van der Waals surface area contributed by atoms with Gasteiger partial charge in [0.25, 0.3) is 5.91 Å². The molecule has 0 N–H and O–H groups in total. The fourth-order valence-electron chi connectivity index (χ4n) is 3.48. The van der Waals surface area contributed by atoms with E-state index in [1.54, 1.807) is 41.3 Å². The number of amides is 1. The lowest BCUT2D eigenvalue weighted by Crippen LogP contribution is -2.38. The Labute approximate surface area is 172 Å². The van der Waals surface area contributed by atoms with E-state index in [1.807, 2.05) is 29.6 Å². The molecule has 0 saturated heterocycles. The highest BCUT2D eigenvalue weighted by Crippen LogP contribution is 2.27. The second kappa shape index (κ2) is 8.41. The molecule has 5 nitrogen and oxygen atoms in total. The van der Waals surface area contributed by atoms with Crippen molar-refractivity contribution >= 4 is 34.7 Å². The van der Waals surface area contributed by atoms with E-state index in [0.29, 0.717) is 11.4 Å². The maximum atomic E-state index is 12.7. The average molecular weight is 405 g/mol. The van der Waals surface area contributed by atoms with Crippen molar-refractivity contribution in [1.29, 1.82) is 0 Å². The Balaban J connectivity index is 1.47. The maximum absolute atomic E-state index is 12.7. The van der Waals surface area contributed by atoms with Crippen LogP contribution in [-0.4, -0.2) is 30.8 Å². The molecule has 0 unspecified atom stereocenters. The molecule has 4 rings (SSSR count). The number of anilines is 1. The normalized spacial score (nSPS) is 12.9. The first-order valence-corrected chi connectivity index (χ1v) is 10.3. The standard InChI is InChI=1S/C23H19NO4S/c25-21(24-13-5-8-16-7-1-4-11-19(16)24)15-28-23(27)18-10-3-2-9-17(18)22(26)20-12-6-14-29-20/h1-4,6-7,9-12,14H,5,8,13,15H2. The topological polar surface area (TPSA) is 63.7 Å². The number of hydrogen-bond acceptors (Lipinski definition) is 5. The summed E-state index contributed by atoms with van der Waals surface area (Å²) in [4.78, 5) is 40.2. The van der Waals surface area contributed by atoms with E-state index in [2.05, 4.69) is 0 Å². The summed E-state index contributed by atoms with van der Waals surface area (Å²) >= 11 is 1.31. The monoisotopic (exact) mass is 405 g/mol. The van der Waals surface area contributed by atoms with Crippen molar-refractivity contribution in [2.75, 3.05) is 18.1 Å². The molecule has 2 aromatic carbocycles. The van der Waals surface area contributed by atoms with Crippen molar-refractivity contribution in [3.05, 3.63) is 87.6 Å². The van der Waals surface area contributed by atoms with Crippen molar-refractivity contribution in [2.45, 2.75) is 12.8 Å². The van der Waals surface area contributed by atoms with Crippen molar-refractivity contribution in [3.8, 4) is 0 Å². The van der Waals surface area contributed by atoms with E-state index in [1.165, 1.54) is 11.3 Å². The number of para-hydroxylation sites is 1. The number of fused-ring (bicyclic) bond motifs is 1. The number of thiophene rings is 1. The van der Waals surface area contributed by atoms with Crippen LogP contribution in [0.4, 0.5) is 5.69 Å². The van der Waals surface area contributed by atoms with Crippen LogP contribution < -0.4 is 4.90 Å². The number of carbonyl (C=O) groups is 3. The zero-order valence-corrected chi connectivity index (χ0v) is 16.5. The third kappa shape index (κ3) is 3.98. The van der Waals surface area contributed by atoms with Crippen LogP contribution in [0.25, 0.3) is 0 Å². The van der Waals surface area contributed by atoms with Gasteiger partial charge in [-0.25, -0.2) is 4.79 Å². The molecule has 1 aliphatic rings. The van der Waals surface area contributed by atoms with Crippen LogP contribution in [0.2, 0.25) is 0 Å². The van der Waals surface area contributed by atoms with Gasteiger partial charge in [-0.15, -0.1) is 11.3 Å². The molecule has 0 bridgehead atoms. The number of rotatable bonds is 5. The SMILES string of the molecule is O=C(OCC(=O)N1CCCc2ccccc21)c1ccccc1C(=O)c1cccs1. The van der Waals surface area contributed by atoms with Gasteiger partial charge in [0.2, 0.25) is 5.78 Å². The van der Waals surface area contributed by atoms with Crippen LogP contribution in [0.1, 0.15) is 37.6 Å². The molecule has 1 aliphatic heterocycles. The lowest BCUT2D eigenvalue weighted by atomic mass is 10.0. The van der Waals surface area contributed by atoms with Gasteiger partial charge in [-0.1, -0.05) is 42.5 Å². The number of ether oxygens (including phenoxy) is 1. The predicted molar refractivity (Wildman–Crippen MR) is 112 cm³/mol. The molecular weight excluding hydrogens is 386 g/mol. The van der Waals surface area contributed by atoms with Gasteiger partial charge in [0, 0.05) is 17.8 Å². The summed E-state index contributed by atoms with van der Waals surface area (Å²) in [5, 5.41) is 1.81. The van der Waals surface area contributed by atoms with Crippen molar-refractivity contribution < 1.29 is 19.1 Å². The average Bonchev–Trinajstić information content (AvgIpc) is 3.31. The molecule has 0 radical (unpaired) electrons. The first kappa shape index (κ1) is 19.1. The lowest BCUT2D eigenvalue weighted by Gasteiger charge is -2.29. The van der Waals surface area contributed by atoms with Crippen LogP contribution in [0.3, 0.4) is 0 Å². The third-order valence-corrected chi connectivity index (χ3v) is 5.74. The molecule has 6 heteroatoms. The van der Waals surface area contributed by atoms with Crippen LogP contribution in [0.5, 0.6) is 0 Å². The Morgan fingerprint density at radius 1 is 0.931 bits per heavy atom. The Bertz CT molecular complexity index is 1060. The number of ketones is 1. The fourth-order valence-corrected chi connectivity index (χ4v) is 4.15. The summed E-state index contributed by atoms with van der Waals surface area (Å²) in [6, 6.07) is 17.8. The number of nitrogens with zero attached hydrogens (tertiary/aromatic N) is 1. The van der Waals surface area contributed by atoms with E-state index in [4.69, 9.17) is 4.74 Å². The zero-order chi connectivity index (χ0) is 20.2. The zero-order valence-electron chi connectivity index (χ0n) is 15.7. The first-order valence-electron chi connectivity index (χ1n) is 9.38. The minimum atomic E-state index is -0.677. The summed E-state index contributed by atoms with van der Waals surface area (Å²) in [6.45, 7) is 0.232. The molecule has 0 aliphatic carbocycles. The largest absolute Gasteiger partial charge is 0.452 e. The number of benzene rings is 2. The fraction of sp³-hybridized carbons (Fsp3) is 0.174. The van der Waals surface area contributed by atoms with Gasteiger partial charge >= 0.3 is 5.97 Å². The molecule has 3 aromatic rings. The van der Waals surface area contributed by atoms with Gasteiger partial charge in [-0.2, -0.15) is 0 Å². The number of esters is 1. The Hall–Kier alpha value is -3.25. The summed E-state index contributed by atoms with van der Waals surface area (Å²) in [5.74, 6) is -1.18. The van der Waals surface area contributed by atoms with E-state index in [0.717, 1.165) is 24.1 Å². The smallest absolute Gasteiger partial charge is 0.339 e. The van der Waals surface area contributed by atoms with Gasteiger partial charge in [-0.3, -0.25) is 9.59 Å². The second-order valence-electron chi connectivity index (χ2n) is 6.71. The quantitative estimate of drug-likeness (QED) is 0.473. The predicted octanol–water partition coefficient (Wildman–Crippen LogP) is 4.12. The van der Waals surface area contributed by atoms with E-state index < -0.39 is 5.97 Å². The van der Waals surface area contributed by atoms with Crippen LogP contribution in [-0.2, 0) is 16.0 Å². The van der Waals surface area contributed by atoms with Crippen molar-refractivity contribution in [3.63, 3.8) is 0 Å². The minimum absolute atomic E-state index is 0.165. The Morgan fingerprint density at radius 3 is 2.48 bits per heavy atom. The van der Waals surface area contributed by atoms with Gasteiger partial charge in [0.15, 0.2) is 6.61 Å². The van der Waals surface area contributed by atoms with Gasteiger partial charge in [0.05, 0.1) is 10.4 Å². The summed E-state index contributed by atoms with van der Waals surface area (Å²) in [5.41, 5.74) is 2.42. The summed E-state index contributed by atoms with van der Waals surface area (Å²) in [6.07, 6.45) is 1.80. The molecule has 0 atom stereocenters. The molecular formula is C23H19NO4S. The molecule has 29 heavy (non-hydrogen) atoms. The summed E-state index contributed by atoms with van der Waals surface area (Å²) in [7, 11) is 0. The first-order chi connectivity index (χ1) is 14.1.